The van der Waals surface area contributed by atoms with Crippen LogP contribution < -0.4 is 10.6 Å². The van der Waals surface area contributed by atoms with Crippen molar-refractivity contribution in [1.82, 2.24) is 0 Å². The highest BCUT2D eigenvalue weighted by Crippen LogP contribution is 2.33. The van der Waals surface area contributed by atoms with Crippen molar-refractivity contribution in [1.29, 1.82) is 0 Å². The summed E-state index contributed by atoms with van der Waals surface area (Å²) in [4.78, 5) is 2.17. The minimum Gasteiger partial charge on any atom is -0.399 e. The topological polar surface area (TPSA) is 29.3 Å². The second kappa shape index (κ2) is 4.92. The molecule has 19 heavy (non-hydrogen) atoms. The number of anilines is 3. The quantitative estimate of drug-likeness (QED) is 0.784. The van der Waals surface area contributed by atoms with Crippen molar-refractivity contribution >= 4 is 17.1 Å². The lowest BCUT2D eigenvalue weighted by Gasteiger charge is -2.25. The summed E-state index contributed by atoms with van der Waals surface area (Å²) in [7, 11) is 0. The third-order valence-corrected chi connectivity index (χ3v) is 3.58. The summed E-state index contributed by atoms with van der Waals surface area (Å²) >= 11 is 0. The summed E-state index contributed by atoms with van der Waals surface area (Å²) in [6, 6.07) is 13.1. The molecule has 0 atom stereocenters. The van der Waals surface area contributed by atoms with Crippen LogP contribution in [0.5, 0.6) is 0 Å². The Bertz CT molecular complexity index is 575. The molecule has 0 saturated carbocycles. The lowest BCUT2D eigenvalue weighted by molar-refractivity contribution is 0.628. The second-order valence-corrected chi connectivity index (χ2v) is 4.98. The molecule has 0 unspecified atom stereocenters. The van der Waals surface area contributed by atoms with Crippen molar-refractivity contribution < 1.29 is 4.39 Å². The van der Waals surface area contributed by atoms with Gasteiger partial charge in [0.1, 0.15) is 5.82 Å². The van der Waals surface area contributed by atoms with Crippen molar-refractivity contribution in [2.45, 2.75) is 19.3 Å². The smallest absolute Gasteiger partial charge is 0.127 e. The Morgan fingerprint density at radius 3 is 2.74 bits per heavy atom. The Hall–Kier alpha value is -2.03. The summed E-state index contributed by atoms with van der Waals surface area (Å²) < 4.78 is 13.6. The molecular formula is C16H17FN2. The molecule has 0 bridgehead atoms. The number of rotatable bonds is 1. The summed E-state index contributed by atoms with van der Waals surface area (Å²) in [5.74, 6) is -0.281. The fourth-order valence-corrected chi connectivity index (χ4v) is 2.71. The minimum atomic E-state index is -0.281. The standard InChI is InChI=1S/C16H17FN2/c17-13-9-14(18)11-15(10-13)19-8-4-3-6-12-5-1-2-7-16(12)19/h1-2,5,7,9-11H,3-4,6,8,18H2. The van der Waals surface area contributed by atoms with Gasteiger partial charge in [-0.3, -0.25) is 0 Å². The fraction of sp³-hybridized carbons (Fsp3) is 0.250. The van der Waals surface area contributed by atoms with Gasteiger partial charge < -0.3 is 10.6 Å². The minimum absolute atomic E-state index is 0.281. The molecule has 0 amide bonds. The van der Waals surface area contributed by atoms with Crippen molar-refractivity contribution in [3.05, 3.63) is 53.8 Å². The first-order chi connectivity index (χ1) is 9.24. The molecule has 2 N–H and O–H groups in total. The third kappa shape index (κ3) is 2.41. The Balaban J connectivity index is 2.09. The zero-order valence-electron chi connectivity index (χ0n) is 10.8. The van der Waals surface area contributed by atoms with Gasteiger partial charge in [0.05, 0.1) is 0 Å². The molecular weight excluding hydrogens is 239 g/mol. The van der Waals surface area contributed by atoms with E-state index in [0.717, 1.165) is 31.5 Å². The molecule has 2 aromatic rings. The van der Waals surface area contributed by atoms with Crippen LogP contribution in [0.25, 0.3) is 0 Å². The van der Waals surface area contributed by atoms with E-state index in [4.69, 9.17) is 5.73 Å². The molecule has 0 aliphatic carbocycles. The van der Waals surface area contributed by atoms with Crippen molar-refractivity contribution in [3.8, 4) is 0 Å². The number of hydrogen-bond donors (Lipinski definition) is 1. The highest BCUT2D eigenvalue weighted by atomic mass is 19.1. The maximum Gasteiger partial charge on any atom is 0.127 e. The number of halogens is 1. The normalized spacial score (nSPS) is 14.9. The van der Waals surface area contributed by atoms with Gasteiger partial charge >= 0.3 is 0 Å². The van der Waals surface area contributed by atoms with Gasteiger partial charge in [-0.1, -0.05) is 18.2 Å². The van der Waals surface area contributed by atoms with E-state index in [1.54, 1.807) is 6.07 Å². The van der Waals surface area contributed by atoms with Gasteiger partial charge in [0, 0.05) is 23.6 Å². The number of benzene rings is 2. The van der Waals surface area contributed by atoms with Gasteiger partial charge in [0.25, 0.3) is 0 Å². The molecule has 3 heteroatoms. The average Bonchev–Trinajstić information content (AvgIpc) is 2.59. The molecule has 1 aliphatic rings. The van der Waals surface area contributed by atoms with Gasteiger partial charge in [-0.25, -0.2) is 4.39 Å². The maximum atomic E-state index is 13.6. The molecule has 2 aromatic carbocycles. The van der Waals surface area contributed by atoms with Crippen LogP contribution in [0.15, 0.2) is 42.5 Å². The number of nitrogen functional groups attached to an aromatic ring is 1. The summed E-state index contributed by atoms with van der Waals surface area (Å²) in [6.45, 7) is 0.903. The molecule has 1 aliphatic heterocycles. The van der Waals surface area contributed by atoms with E-state index in [2.05, 4.69) is 23.1 Å². The maximum absolute atomic E-state index is 13.6. The van der Waals surface area contributed by atoms with Crippen LogP contribution >= 0.6 is 0 Å². The SMILES string of the molecule is Nc1cc(F)cc(N2CCCCc3ccccc32)c1. The highest BCUT2D eigenvalue weighted by Gasteiger charge is 2.17. The van der Waals surface area contributed by atoms with Gasteiger partial charge in [0.2, 0.25) is 0 Å². The van der Waals surface area contributed by atoms with E-state index >= 15 is 0 Å². The zero-order valence-corrected chi connectivity index (χ0v) is 10.8. The first kappa shape index (κ1) is 12.0. The summed E-state index contributed by atoms with van der Waals surface area (Å²) in [5, 5.41) is 0. The Morgan fingerprint density at radius 1 is 1.05 bits per heavy atom. The van der Waals surface area contributed by atoms with E-state index in [-0.39, 0.29) is 5.82 Å². The second-order valence-electron chi connectivity index (χ2n) is 4.98. The van der Waals surface area contributed by atoms with Crippen LogP contribution in [0.1, 0.15) is 18.4 Å². The van der Waals surface area contributed by atoms with E-state index in [1.165, 1.54) is 17.3 Å². The largest absolute Gasteiger partial charge is 0.399 e. The first-order valence-corrected chi connectivity index (χ1v) is 6.65. The molecule has 0 aromatic heterocycles. The van der Waals surface area contributed by atoms with E-state index in [0.29, 0.717) is 5.69 Å². The van der Waals surface area contributed by atoms with Crippen molar-refractivity contribution in [2.24, 2.45) is 0 Å². The lowest BCUT2D eigenvalue weighted by Crippen LogP contribution is -2.18. The van der Waals surface area contributed by atoms with Crippen LogP contribution in [0.3, 0.4) is 0 Å². The molecule has 2 nitrogen and oxygen atoms in total. The number of hydrogen-bond acceptors (Lipinski definition) is 2. The molecule has 0 fully saturated rings. The van der Waals surface area contributed by atoms with E-state index in [1.807, 2.05) is 12.1 Å². The number of para-hydroxylation sites is 1. The van der Waals surface area contributed by atoms with Crippen LogP contribution in [0.4, 0.5) is 21.5 Å². The number of nitrogens with two attached hydrogens (primary N) is 1. The fourth-order valence-electron chi connectivity index (χ4n) is 2.71. The van der Waals surface area contributed by atoms with Crippen LogP contribution in [-0.4, -0.2) is 6.54 Å². The first-order valence-electron chi connectivity index (χ1n) is 6.65. The third-order valence-electron chi connectivity index (χ3n) is 3.58. The van der Waals surface area contributed by atoms with E-state index in [9.17, 15) is 4.39 Å². The van der Waals surface area contributed by atoms with Crippen LogP contribution in [0, 0.1) is 5.82 Å². The lowest BCUT2D eigenvalue weighted by atomic mass is 10.1. The predicted molar refractivity (Wildman–Crippen MR) is 77.2 cm³/mol. The molecule has 1 heterocycles. The number of aryl methyl sites for hydroxylation is 1. The highest BCUT2D eigenvalue weighted by molar-refractivity contribution is 5.69. The van der Waals surface area contributed by atoms with E-state index < -0.39 is 0 Å². The van der Waals surface area contributed by atoms with Crippen LogP contribution in [0.2, 0.25) is 0 Å². The zero-order chi connectivity index (χ0) is 13.2. The molecule has 0 radical (unpaired) electrons. The molecule has 98 valence electrons. The Morgan fingerprint density at radius 2 is 1.89 bits per heavy atom. The van der Waals surface area contributed by atoms with Crippen LogP contribution in [-0.2, 0) is 6.42 Å². The Kier molecular flexibility index (Phi) is 3.11. The monoisotopic (exact) mass is 256 g/mol. The summed E-state index contributed by atoms with van der Waals surface area (Å²) in [5.41, 5.74) is 9.56. The average molecular weight is 256 g/mol. The summed E-state index contributed by atoms with van der Waals surface area (Å²) in [6.07, 6.45) is 3.35. The number of fused-ring (bicyclic) bond motifs is 1. The predicted octanol–water partition coefficient (Wildman–Crippen LogP) is 3.88. The molecule has 3 rings (SSSR count). The van der Waals surface area contributed by atoms with Gasteiger partial charge in [-0.15, -0.1) is 0 Å². The van der Waals surface area contributed by atoms with Gasteiger partial charge in [0.15, 0.2) is 0 Å². The number of nitrogens with zero attached hydrogens (tertiary/aromatic N) is 1. The molecule has 0 spiro atoms. The van der Waals surface area contributed by atoms with Gasteiger partial charge in [-0.2, -0.15) is 0 Å². The van der Waals surface area contributed by atoms with Crippen molar-refractivity contribution in [2.75, 3.05) is 17.2 Å². The van der Waals surface area contributed by atoms with Crippen molar-refractivity contribution in [3.63, 3.8) is 0 Å². The molecule has 0 saturated heterocycles. The Labute approximate surface area is 112 Å². The van der Waals surface area contributed by atoms with Gasteiger partial charge in [-0.05, 0) is 49.1 Å².